The van der Waals surface area contributed by atoms with E-state index in [0.717, 1.165) is 17.9 Å². The Morgan fingerprint density at radius 3 is 2.62 bits per heavy atom. The molecule has 0 aliphatic heterocycles. The van der Waals surface area contributed by atoms with Gasteiger partial charge >= 0.3 is 0 Å². The summed E-state index contributed by atoms with van der Waals surface area (Å²) in [4.78, 5) is 15.9. The summed E-state index contributed by atoms with van der Waals surface area (Å²) in [5.74, 6) is 1.69. The number of carbonyl (C=O) groups is 1. The number of oxazole rings is 1. The van der Waals surface area contributed by atoms with E-state index in [1.54, 1.807) is 0 Å². The monoisotopic (exact) mass is 222 g/mol. The molecule has 2 rings (SSSR count). The van der Waals surface area contributed by atoms with Gasteiger partial charge in [-0.25, -0.2) is 4.98 Å². The highest BCUT2D eigenvalue weighted by Gasteiger charge is 2.50. The molecule has 16 heavy (non-hydrogen) atoms. The van der Waals surface area contributed by atoms with Crippen LogP contribution in [0.2, 0.25) is 0 Å². The van der Waals surface area contributed by atoms with Crippen molar-refractivity contribution >= 4 is 5.91 Å². The van der Waals surface area contributed by atoms with Crippen molar-refractivity contribution in [3.8, 4) is 0 Å². The van der Waals surface area contributed by atoms with Crippen LogP contribution in [0.5, 0.6) is 0 Å². The van der Waals surface area contributed by atoms with E-state index in [1.807, 2.05) is 13.8 Å². The van der Waals surface area contributed by atoms with Crippen molar-refractivity contribution in [3.05, 3.63) is 17.3 Å². The molecule has 1 aromatic rings. The lowest BCUT2D eigenvalue weighted by Gasteiger charge is -2.04. The molecular formula is C12H18N2O2. The Kier molecular flexibility index (Phi) is 2.52. The molecule has 0 radical (unpaired) electrons. The zero-order valence-electron chi connectivity index (χ0n) is 10.3. The van der Waals surface area contributed by atoms with Crippen LogP contribution in [0.25, 0.3) is 0 Å². The molecule has 1 saturated carbocycles. The number of nitrogens with one attached hydrogen (secondary N) is 1. The number of hydrogen-bond donors (Lipinski definition) is 1. The van der Waals surface area contributed by atoms with E-state index < -0.39 is 0 Å². The third-order valence-electron chi connectivity index (χ3n) is 3.25. The second kappa shape index (κ2) is 3.61. The van der Waals surface area contributed by atoms with Crippen molar-refractivity contribution in [2.45, 2.75) is 40.7 Å². The Hall–Kier alpha value is -1.32. The first kappa shape index (κ1) is 11.2. The molecule has 1 fully saturated rings. The predicted molar refractivity (Wildman–Crippen MR) is 59.7 cm³/mol. The molecule has 1 amide bonds. The largest absolute Gasteiger partial charge is 0.444 e. The number of aryl methyl sites for hydroxylation is 2. The fourth-order valence-corrected chi connectivity index (χ4v) is 1.94. The van der Waals surface area contributed by atoms with Crippen molar-refractivity contribution in [2.24, 2.45) is 11.3 Å². The van der Waals surface area contributed by atoms with Gasteiger partial charge in [0.2, 0.25) is 5.91 Å². The number of amides is 1. The molecule has 1 N–H and O–H groups in total. The van der Waals surface area contributed by atoms with Crippen LogP contribution in [-0.4, -0.2) is 10.9 Å². The molecule has 4 heteroatoms. The number of carbonyl (C=O) groups excluding carboxylic acids is 1. The quantitative estimate of drug-likeness (QED) is 0.850. The van der Waals surface area contributed by atoms with E-state index in [9.17, 15) is 4.79 Å². The topological polar surface area (TPSA) is 55.1 Å². The van der Waals surface area contributed by atoms with Crippen molar-refractivity contribution in [2.75, 3.05) is 0 Å². The van der Waals surface area contributed by atoms with E-state index in [4.69, 9.17) is 4.42 Å². The Morgan fingerprint density at radius 2 is 2.19 bits per heavy atom. The summed E-state index contributed by atoms with van der Waals surface area (Å²) in [6.45, 7) is 8.36. The minimum Gasteiger partial charge on any atom is -0.444 e. The lowest BCUT2D eigenvalue weighted by molar-refractivity contribution is -0.123. The molecule has 0 aromatic carbocycles. The number of rotatable bonds is 3. The molecule has 88 valence electrons. The smallest absolute Gasteiger partial charge is 0.224 e. The van der Waals surface area contributed by atoms with Gasteiger partial charge < -0.3 is 9.73 Å². The van der Waals surface area contributed by atoms with E-state index in [0.29, 0.717) is 12.4 Å². The average Bonchev–Trinajstić information content (AvgIpc) is 2.68. The van der Waals surface area contributed by atoms with Crippen LogP contribution in [-0.2, 0) is 11.3 Å². The van der Waals surface area contributed by atoms with Gasteiger partial charge in [-0.05, 0) is 18.8 Å². The first-order valence-electron chi connectivity index (χ1n) is 5.61. The molecule has 1 aromatic heterocycles. The van der Waals surface area contributed by atoms with Crippen molar-refractivity contribution in [1.29, 1.82) is 0 Å². The average molecular weight is 222 g/mol. The lowest BCUT2D eigenvalue weighted by atomic mass is 10.1. The summed E-state index contributed by atoms with van der Waals surface area (Å²) in [6, 6.07) is 0. The van der Waals surface area contributed by atoms with Gasteiger partial charge in [0.15, 0.2) is 5.89 Å². The van der Waals surface area contributed by atoms with Crippen molar-refractivity contribution in [1.82, 2.24) is 10.3 Å². The second-order valence-electron chi connectivity index (χ2n) is 5.20. The molecule has 1 aliphatic carbocycles. The normalized spacial score (nSPS) is 21.9. The summed E-state index contributed by atoms with van der Waals surface area (Å²) in [5, 5.41) is 2.90. The fourth-order valence-electron chi connectivity index (χ4n) is 1.94. The molecule has 0 unspecified atom stereocenters. The van der Waals surface area contributed by atoms with E-state index in [1.165, 1.54) is 0 Å². The van der Waals surface area contributed by atoms with Crippen LogP contribution in [0.3, 0.4) is 0 Å². The van der Waals surface area contributed by atoms with Crippen LogP contribution in [0.4, 0.5) is 0 Å². The van der Waals surface area contributed by atoms with Crippen LogP contribution < -0.4 is 5.32 Å². The summed E-state index contributed by atoms with van der Waals surface area (Å²) in [7, 11) is 0. The fraction of sp³-hybridized carbons (Fsp3) is 0.667. The SMILES string of the molecule is Cc1nc(C)c(CNC(=O)[C@H]2CC2(C)C)o1. The van der Waals surface area contributed by atoms with Crippen molar-refractivity contribution < 1.29 is 9.21 Å². The molecule has 0 saturated heterocycles. The van der Waals surface area contributed by atoms with Crippen LogP contribution in [0.15, 0.2) is 4.42 Å². The highest BCUT2D eigenvalue weighted by molar-refractivity contribution is 5.82. The van der Waals surface area contributed by atoms with Gasteiger partial charge in [-0.15, -0.1) is 0 Å². The number of hydrogen-bond acceptors (Lipinski definition) is 3. The first-order chi connectivity index (χ1) is 7.40. The highest BCUT2D eigenvalue weighted by Crippen LogP contribution is 2.51. The van der Waals surface area contributed by atoms with E-state index in [-0.39, 0.29) is 17.2 Å². The van der Waals surface area contributed by atoms with Gasteiger partial charge in [0.05, 0.1) is 12.2 Å². The maximum atomic E-state index is 11.7. The molecule has 4 nitrogen and oxygen atoms in total. The molecule has 1 aliphatic rings. The first-order valence-corrected chi connectivity index (χ1v) is 5.61. The third kappa shape index (κ3) is 2.10. The summed E-state index contributed by atoms with van der Waals surface area (Å²) in [6.07, 6.45) is 0.979. The highest BCUT2D eigenvalue weighted by atomic mass is 16.4. The zero-order chi connectivity index (χ0) is 11.9. The molecule has 1 atom stereocenters. The Labute approximate surface area is 95.4 Å². The van der Waals surface area contributed by atoms with Gasteiger partial charge in [0, 0.05) is 12.8 Å². The zero-order valence-corrected chi connectivity index (χ0v) is 10.3. The lowest BCUT2D eigenvalue weighted by Crippen LogP contribution is -2.26. The molecule has 0 bridgehead atoms. The van der Waals surface area contributed by atoms with Gasteiger partial charge in [-0.1, -0.05) is 13.8 Å². The van der Waals surface area contributed by atoms with Gasteiger partial charge in [-0.3, -0.25) is 4.79 Å². The number of nitrogens with zero attached hydrogens (tertiary/aromatic N) is 1. The van der Waals surface area contributed by atoms with Gasteiger partial charge in [0.1, 0.15) is 5.76 Å². The Balaban J connectivity index is 1.89. The summed E-state index contributed by atoms with van der Waals surface area (Å²) >= 11 is 0. The van der Waals surface area contributed by atoms with Crippen molar-refractivity contribution in [3.63, 3.8) is 0 Å². The minimum atomic E-state index is 0.124. The van der Waals surface area contributed by atoms with E-state index in [2.05, 4.69) is 24.1 Å². The second-order valence-corrected chi connectivity index (χ2v) is 5.20. The number of aromatic nitrogens is 1. The molecular weight excluding hydrogens is 204 g/mol. The van der Waals surface area contributed by atoms with Gasteiger partial charge in [-0.2, -0.15) is 0 Å². The van der Waals surface area contributed by atoms with Crippen LogP contribution in [0.1, 0.15) is 37.6 Å². The standard InChI is InChI=1S/C12H18N2O2/c1-7-10(16-8(2)14-7)6-13-11(15)9-5-12(9,3)4/h9H,5-6H2,1-4H3,(H,13,15)/t9-/m1/s1. The minimum absolute atomic E-state index is 0.124. The summed E-state index contributed by atoms with van der Waals surface area (Å²) in [5.41, 5.74) is 1.03. The van der Waals surface area contributed by atoms with E-state index >= 15 is 0 Å². The Morgan fingerprint density at radius 1 is 1.56 bits per heavy atom. The maximum absolute atomic E-state index is 11.7. The molecule has 1 heterocycles. The molecule has 0 spiro atoms. The third-order valence-corrected chi connectivity index (χ3v) is 3.25. The predicted octanol–water partition coefficient (Wildman–Crippen LogP) is 1.95. The van der Waals surface area contributed by atoms with Crippen LogP contribution in [0, 0.1) is 25.2 Å². The summed E-state index contributed by atoms with van der Waals surface area (Å²) < 4.78 is 5.39. The Bertz CT molecular complexity index is 421. The van der Waals surface area contributed by atoms with Crippen LogP contribution >= 0.6 is 0 Å². The maximum Gasteiger partial charge on any atom is 0.224 e. The van der Waals surface area contributed by atoms with Gasteiger partial charge in [0.25, 0.3) is 0 Å².